The van der Waals surface area contributed by atoms with Crippen LogP contribution in [0.4, 0.5) is 23.0 Å². The van der Waals surface area contributed by atoms with Gasteiger partial charge in [-0.15, -0.1) is 0 Å². The number of nitrogens with one attached hydrogen (secondary N) is 2. The first kappa shape index (κ1) is 14.9. The Morgan fingerprint density at radius 2 is 1.90 bits per heavy atom. The molecule has 0 aliphatic heterocycles. The average molecular weight is 288 g/mol. The molecule has 0 spiro atoms. The lowest BCUT2D eigenvalue weighted by Crippen LogP contribution is -2.21. The molecule has 0 fully saturated rings. The first-order chi connectivity index (χ1) is 10.0. The Kier molecular flexibility index (Phi) is 4.44. The monoisotopic (exact) mass is 288 g/mol. The summed E-state index contributed by atoms with van der Waals surface area (Å²) >= 11 is 0. The first-order valence-electron chi connectivity index (χ1n) is 6.47. The highest BCUT2D eigenvalue weighted by atomic mass is 16.5. The number of benzene rings is 1. The number of anilines is 4. The summed E-state index contributed by atoms with van der Waals surface area (Å²) in [5.74, 6) is 1.79. The number of ether oxygens (including phenoxy) is 1. The summed E-state index contributed by atoms with van der Waals surface area (Å²) in [6.45, 7) is 2.01. The van der Waals surface area contributed by atoms with Crippen LogP contribution in [0, 0.1) is 6.92 Å². The third-order valence-corrected chi connectivity index (χ3v) is 2.82. The Balaban J connectivity index is 2.34. The van der Waals surface area contributed by atoms with Gasteiger partial charge in [-0.2, -0.15) is 0 Å². The van der Waals surface area contributed by atoms with Crippen molar-refractivity contribution in [3.63, 3.8) is 0 Å². The third kappa shape index (κ3) is 3.51. The molecule has 0 saturated heterocycles. The van der Waals surface area contributed by atoms with Crippen LogP contribution in [0.15, 0.2) is 24.5 Å². The maximum atomic E-state index is 6.09. The number of hydrogen-bond donors (Lipinski definition) is 3. The van der Waals surface area contributed by atoms with Crippen LogP contribution < -0.4 is 21.2 Å². The van der Waals surface area contributed by atoms with Gasteiger partial charge in [0.25, 0.3) is 0 Å². The number of hydrazine groups is 1. The second-order valence-corrected chi connectivity index (χ2v) is 4.82. The number of methoxy groups -OCH3 is 1. The van der Waals surface area contributed by atoms with Gasteiger partial charge in [0.05, 0.1) is 12.8 Å². The second-order valence-electron chi connectivity index (χ2n) is 4.82. The predicted octanol–water partition coefficient (Wildman–Crippen LogP) is 2.01. The molecule has 2 rings (SSSR count). The van der Waals surface area contributed by atoms with Crippen LogP contribution in [0.1, 0.15) is 5.56 Å². The molecule has 1 aromatic carbocycles. The number of nitrogen functional groups attached to an aromatic ring is 1. The third-order valence-electron chi connectivity index (χ3n) is 2.82. The van der Waals surface area contributed by atoms with Crippen molar-refractivity contribution in [2.75, 3.05) is 37.7 Å². The number of nitrogens with zero attached hydrogens (tertiary/aromatic N) is 3. The van der Waals surface area contributed by atoms with E-state index < -0.39 is 0 Å². The standard InChI is InChI=1S/C14H20N6O/c1-9-5-6-11(21-4)10(7-9)18-13-12(15)14(17-8-16-13)19-20(2)3/h5-8H,15H2,1-4H3,(H2,16,17,18,19). The number of aromatic nitrogens is 2. The minimum Gasteiger partial charge on any atom is -0.495 e. The van der Waals surface area contributed by atoms with E-state index in [9.17, 15) is 0 Å². The van der Waals surface area contributed by atoms with E-state index in [1.807, 2.05) is 39.2 Å². The van der Waals surface area contributed by atoms with E-state index >= 15 is 0 Å². The van der Waals surface area contributed by atoms with Crippen LogP contribution in [0.2, 0.25) is 0 Å². The van der Waals surface area contributed by atoms with Crippen molar-refractivity contribution in [3.05, 3.63) is 30.1 Å². The molecule has 1 heterocycles. The van der Waals surface area contributed by atoms with Crippen molar-refractivity contribution in [1.82, 2.24) is 15.0 Å². The Bertz CT molecular complexity index is 629. The minimum atomic E-state index is 0.440. The van der Waals surface area contributed by atoms with E-state index in [4.69, 9.17) is 10.5 Å². The van der Waals surface area contributed by atoms with Crippen molar-refractivity contribution in [2.45, 2.75) is 6.92 Å². The van der Waals surface area contributed by atoms with Gasteiger partial charge in [-0.25, -0.2) is 15.0 Å². The van der Waals surface area contributed by atoms with Crippen LogP contribution in [0.5, 0.6) is 5.75 Å². The molecule has 21 heavy (non-hydrogen) atoms. The van der Waals surface area contributed by atoms with Gasteiger partial charge in [-0.1, -0.05) is 6.07 Å². The summed E-state index contributed by atoms with van der Waals surface area (Å²) in [5, 5.41) is 4.95. The van der Waals surface area contributed by atoms with Gasteiger partial charge in [0.2, 0.25) is 0 Å². The highest BCUT2D eigenvalue weighted by molar-refractivity contribution is 5.79. The zero-order valence-corrected chi connectivity index (χ0v) is 12.6. The molecular formula is C14H20N6O. The van der Waals surface area contributed by atoms with Gasteiger partial charge < -0.3 is 21.2 Å². The lowest BCUT2D eigenvalue weighted by molar-refractivity contribution is 0.416. The zero-order chi connectivity index (χ0) is 15.4. The summed E-state index contributed by atoms with van der Waals surface area (Å²) in [6, 6.07) is 5.85. The molecule has 0 aliphatic rings. The number of aryl methyl sites for hydroxylation is 1. The maximum Gasteiger partial charge on any atom is 0.169 e. The molecule has 1 aromatic heterocycles. The molecule has 0 saturated carbocycles. The molecule has 0 amide bonds. The molecule has 0 unspecified atom stereocenters. The Hall–Kier alpha value is -2.54. The molecule has 2 aromatic rings. The molecule has 0 atom stereocenters. The van der Waals surface area contributed by atoms with Crippen molar-refractivity contribution in [3.8, 4) is 5.75 Å². The molecule has 0 aliphatic carbocycles. The Labute approximate surface area is 124 Å². The fraction of sp³-hybridized carbons (Fsp3) is 0.286. The molecule has 7 heteroatoms. The van der Waals surface area contributed by atoms with Crippen molar-refractivity contribution in [1.29, 1.82) is 0 Å². The molecule has 112 valence electrons. The van der Waals surface area contributed by atoms with Gasteiger partial charge >= 0.3 is 0 Å². The van der Waals surface area contributed by atoms with Gasteiger partial charge in [0.15, 0.2) is 11.6 Å². The molecular weight excluding hydrogens is 268 g/mol. The van der Waals surface area contributed by atoms with E-state index in [0.29, 0.717) is 17.3 Å². The molecule has 0 bridgehead atoms. The van der Waals surface area contributed by atoms with Crippen LogP contribution in [0.25, 0.3) is 0 Å². The van der Waals surface area contributed by atoms with Crippen molar-refractivity contribution < 1.29 is 4.74 Å². The summed E-state index contributed by atoms with van der Waals surface area (Å²) in [5.41, 5.74) is 11.5. The zero-order valence-electron chi connectivity index (χ0n) is 12.6. The number of rotatable bonds is 5. The van der Waals surface area contributed by atoms with E-state index in [1.54, 1.807) is 12.1 Å². The van der Waals surface area contributed by atoms with Crippen molar-refractivity contribution in [2.24, 2.45) is 0 Å². The molecule has 0 radical (unpaired) electrons. The molecule has 7 nitrogen and oxygen atoms in total. The quantitative estimate of drug-likeness (QED) is 0.725. The lowest BCUT2D eigenvalue weighted by Gasteiger charge is -2.17. The van der Waals surface area contributed by atoms with Crippen molar-refractivity contribution >= 4 is 23.0 Å². The SMILES string of the molecule is COc1ccc(C)cc1Nc1ncnc(NN(C)C)c1N. The largest absolute Gasteiger partial charge is 0.495 e. The topological polar surface area (TPSA) is 88.3 Å². The Morgan fingerprint density at radius 1 is 1.19 bits per heavy atom. The average Bonchev–Trinajstić information content (AvgIpc) is 2.43. The second kappa shape index (κ2) is 6.27. The predicted molar refractivity (Wildman–Crippen MR) is 84.8 cm³/mol. The normalized spacial score (nSPS) is 10.5. The van der Waals surface area contributed by atoms with Crippen LogP contribution in [0.3, 0.4) is 0 Å². The van der Waals surface area contributed by atoms with E-state index in [-0.39, 0.29) is 0 Å². The highest BCUT2D eigenvalue weighted by Gasteiger charge is 2.11. The van der Waals surface area contributed by atoms with E-state index in [1.165, 1.54) is 6.33 Å². The van der Waals surface area contributed by atoms with Crippen LogP contribution >= 0.6 is 0 Å². The highest BCUT2D eigenvalue weighted by Crippen LogP contribution is 2.31. The minimum absolute atomic E-state index is 0.440. The Morgan fingerprint density at radius 3 is 2.57 bits per heavy atom. The van der Waals surface area contributed by atoms with Crippen LogP contribution in [-0.2, 0) is 0 Å². The number of hydrogen-bond acceptors (Lipinski definition) is 7. The van der Waals surface area contributed by atoms with E-state index in [0.717, 1.165) is 17.0 Å². The van der Waals surface area contributed by atoms with Gasteiger partial charge in [-0.3, -0.25) is 0 Å². The van der Waals surface area contributed by atoms with Gasteiger partial charge in [0.1, 0.15) is 17.8 Å². The molecule has 4 N–H and O–H groups in total. The summed E-state index contributed by atoms with van der Waals surface area (Å²) in [7, 11) is 5.34. The van der Waals surface area contributed by atoms with Gasteiger partial charge in [-0.05, 0) is 24.6 Å². The summed E-state index contributed by atoms with van der Waals surface area (Å²) in [6.07, 6.45) is 1.45. The summed E-state index contributed by atoms with van der Waals surface area (Å²) < 4.78 is 5.34. The van der Waals surface area contributed by atoms with Gasteiger partial charge in [0, 0.05) is 14.1 Å². The first-order valence-corrected chi connectivity index (χ1v) is 6.47. The van der Waals surface area contributed by atoms with E-state index in [2.05, 4.69) is 20.7 Å². The number of nitrogens with two attached hydrogens (primary N) is 1. The fourth-order valence-corrected chi connectivity index (χ4v) is 1.84. The fourth-order valence-electron chi connectivity index (χ4n) is 1.84. The smallest absolute Gasteiger partial charge is 0.169 e. The maximum absolute atomic E-state index is 6.09. The summed E-state index contributed by atoms with van der Waals surface area (Å²) in [4.78, 5) is 8.31. The lowest BCUT2D eigenvalue weighted by atomic mass is 10.2. The van der Waals surface area contributed by atoms with Crippen LogP contribution in [-0.4, -0.2) is 36.2 Å².